The predicted molar refractivity (Wildman–Crippen MR) is 117 cm³/mol. The number of halogens is 4. The summed E-state index contributed by atoms with van der Waals surface area (Å²) in [6, 6.07) is -0.785. The van der Waals surface area contributed by atoms with E-state index in [1.807, 2.05) is 0 Å². The number of nitro groups is 1. The Hall–Kier alpha value is -2.87. The van der Waals surface area contributed by atoms with Crippen molar-refractivity contribution in [2.24, 2.45) is 0 Å². The number of nitrogens with zero attached hydrogens (tertiary/aromatic N) is 5. The molecule has 2 aliphatic heterocycles. The summed E-state index contributed by atoms with van der Waals surface area (Å²) >= 11 is 6.09. The number of hydrogen-bond acceptors (Lipinski definition) is 8. The molecule has 0 aromatic carbocycles. The van der Waals surface area contributed by atoms with E-state index in [0.29, 0.717) is 4.90 Å². The van der Waals surface area contributed by atoms with E-state index in [9.17, 15) is 38.0 Å². The number of aromatic nitrogens is 1. The number of fused-ring (bicyclic) bond motifs is 1. The second kappa shape index (κ2) is 9.64. The van der Waals surface area contributed by atoms with Crippen LogP contribution in [0.2, 0.25) is 5.15 Å². The average Bonchev–Trinajstić information content (AvgIpc) is 2.74. The first-order valence-electron chi connectivity index (χ1n) is 10.7. The Kier molecular flexibility index (Phi) is 7.37. The number of piperazine rings is 1. The second-order valence-corrected chi connectivity index (χ2v) is 9.57. The van der Waals surface area contributed by atoms with Crippen LogP contribution in [0.15, 0.2) is 0 Å². The van der Waals surface area contributed by atoms with Gasteiger partial charge in [-0.15, -0.1) is 0 Å². The fourth-order valence-electron chi connectivity index (χ4n) is 4.14. The van der Waals surface area contributed by atoms with Crippen molar-refractivity contribution in [3.63, 3.8) is 0 Å². The van der Waals surface area contributed by atoms with E-state index in [1.165, 1.54) is 9.80 Å². The molecule has 35 heavy (non-hydrogen) atoms. The first kappa shape index (κ1) is 26.7. The largest absolute Gasteiger partial charge is 0.471 e. The number of aliphatic hydroxyl groups excluding tert-OH is 1. The summed E-state index contributed by atoms with van der Waals surface area (Å²) in [7, 11) is 0. The van der Waals surface area contributed by atoms with Crippen molar-refractivity contribution < 1.29 is 37.5 Å². The van der Waals surface area contributed by atoms with Crippen LogP contribution in [0.5, 0.6) is 0 Å². The number of rotatable bonds is 3. The van der Waals surface area contributed by atoms with Gasteiger partial charge in [0.2, 0.25) is 5.15 Å². The molecule has 0 unspecified atom stereocenters. The molecule has 1 saturated heterocycles. The number of carbonyl (C=O) groups is 2. The van der Waals surface area contributed by atoms with E-state index < -0.39 is 58.7 Å². The Morgan fingerprint density at radius 1 is 1.23 bits per heavy atom. The Morgan fingerprint density at radius 3 is 2.43 bits per heavy atom. The molecule has 194 valence electrons. The number of amides is 2. The summed E-state index contributed by atoms with van der Waals surface area (Å²) in [4.78, 5) is 42.7. The molecule has 0 aliphatic carbocycles. The van der Waals surface area contributed by atoms with Crippen molar-refractivity contribution in [2.75, 3.05) is 37.7 Å². The molecular weight excluding hydrogens is 499 g/mol. The molecular formula is C20H25ClF3N5O6. The summed E-state index contributed by atoms with van der Waals surface area (Å²) in [5.74, 6) is -2.04. The van der Waals surface area contributed by atoms with Gasteiger partial charge in [-0.2, -0.15) is 13.2 Å². The van der Waals surface area contributed by atoms with Crippen LogP contribution in [0.1, 0.15) is 32.0 Å². The monoisotopic (exact) mass is 523 g/mol. The molecule has 1 atom stereocenters. The van der Waals surface area contributed by atoms with E-state index in [1.54, 1.807) is 20.8 Å². The molecule has 1 aromatic rings. The van der Waals surface area contributed by atoms with Gasteiger partial charge in [-0.3, -0.25) is 14.9 Å². The van der Waals surface area contributed by atoms with Crippen LogP contribution < -0.4 is 4.90 Å². The van der Waals surface area contributed by atoms with Crippen molar-refractivity contribution in [1.29, 1.82) is 0 Å². The van der Waals surface area contributed by atoms with Crippen molar-refractivity contribution >= 4 is 35.0 Å². The quantitative estimate of drug-likeness (QED) is 0.363. The lowest BCUT2D eigenvalue weighted by Gasteiger charge is -2.43. The lowest BCUT2D eigenvalue weighted by molar-refractivity contribution is -0.384. The van der Waals surface area contributed by atoms with Gasteiger partial charge in [0.15, 0.2) is 0 Å². The van der Waals surface area contributed by atoms with E-state index in [4.69, 9.17) is 16.3 Å². The molecule has 15 heteroatoms. The molecule has 11 nitrogen and oxygen atoms in total. The zero-order chi connectivity index (χ0) is 26.3. The van der Waals surface area contributed by atoms with E-state index >= 15 is 0 Å². The maximum atomic E-state index is 12.9. The van der Waals surface area contributed by atoms with E-state index in [2.05, 4.69) is 4.98 Å². The molecule has 1 fully saturated rings. The number of carbonyl (C=O) groups excluding carboxylic acids is 2. The lowest BCUT2D eigenvalue weighted by atomic mass is 9.99. The number of aliphatic hydroxyl groups is 1. The molecule has 0 bridgehead atoms. The van der Waals surface area contributed by atoms with Crippen molar-refractivity contribution in [3.8, 4) is 0 Å². The fourth-order valence-corrected chi connectivity index (χ4v) is 4.40. The number of hydrogen-bond donors (Lipinski definition) is 1. The highest BCUT2D eigenvalue weighted by atomic mass is 35.5. The SMILES string of the molecule is CC(C)(C)OC(=O)N1CCN(c2c3c(nc(Cl)c2[N+](=O)[O-])CN(C(=O)C(F)(F)F)CC3)[C@@H](CO)C1. The maximum Gasteiger partial charge on any atom is 0.471 e. The van der Waals surface area contributed by atoms with Crippen molar-refractivity contribution in [1.82, 2.24) is 14.8 Å². The van der Waals surface area contributed by atoms with Gasteiger partial charge in [0.1, 0.15) is 11.3 Å². The van der Waals surface area contributed by atoms with Crippen LogP contribution in [-0.2, 0) is 22.5 Å². The molecule has 0 radical (unpaired) electrons. The fraction of sp³-hybridized carbons (Fsp3) is 0.650. The number of pyridine rings is 1. The molecule has 2 aliphatic rings. The van der Waals surface area contributed by atoms with Crippen LogP contribution in [0.25, 0.3) is 0 Å². The second-order valence-electron chi connectivity index (χ2n) is 9.21. The van der Waals surface area contributed by atoms with Crippen LogP contribution in [0.4, 0.5) is 29.3 Å². The maximum absolute atomic E-state index is 12.9. The van der Waals surface area contributed by atoms with Gasteiger partial charge in [0.05, 0.1) is 29.8 Å². The van der Waals surface area contributed by atoms with Crippen LogP contribution in [0, 0.1) is 10.1 Å². The number of alkyl halides is 3. The Bertz CT molecular complexity index is 1030. The van der Waals surface area contributed by atoms with Gasteiger partial charge >= 0.3 is 23.9 Å². The minimum atomic E-state index is -5.08. The van der Waals surface area contributed by atoms with Crippen LogP contribution >= 0.6 is 11.6 Å². The van der Waals surface area contributed by atoms with Gasteiger partial charge in [-0.25, -0.2) is 9.78 Å². The third kappa shape index (κ3) is 5.69. The highest BCUT2D eigenvalue weighted by Gasteiger charge is 2.45. The summed E-state index contributed by atoms with van der Waals surface area (Å²) in [5, 5.41) is 21.4. The molecule has 0 spiro atoms. The topological polar surface area (TPSA) is 129 Å². The summed E-state index contributed by atoms with van der Waals surface area (Å²) in [6.07, 6.45) is -5.83. The van der Waals surface area contributed by atoms with Gasteiger partial charge in [0.25, 0.3) is 0 Å². The Morgan fingerprint density at radius 2 is 1.89 bits per heavy atom. The molecule has 3 heterocycles. The van der Waals surface area contributed by atoms with Crippen LogP contribution in [-0.4, -0.2) is 87.4 Å². The average molecular weight is 524 g/mol. The smallest absolute Gasteiger partial charge is 0.444 e. The van der Waals surface area contributed by atoms with Gasteiger partial charge < -0.3 is 24.5 Å². The molecule has 2 amide bonds. The van der Waals surface area contributed by atoms with Gasteiger partial charge in [-0.1, -0.05) is 11.6 Å². The third-order valence-corrected chi connectivity index (χ3v) is 5.87. The van der Waals surface area contributed by atoms with Crippen LogP contribution in [0.3, 0.4) is 0 Å². The predicted octanol–water partition coefficient (Wildman–Crippen LogP) is 2.51. The van der Waals surface area contributed by atoms with E-state index in [0.717, 1.165) is 0 Å². The van der Waals surface area contributed by atoms with Gasteiger partial charge in [0, 0.05) is 31.7 Å². The molecule has 0 saturated carbocycles. The standard InChI is InChI=1S/C20H25ClF3N5O6/c1-19(2,3)35-18(32)27-6-7-28(11(8-27)10-30)14-12-4-5-26(17(31)20(22,23)24)9-13(12)25-16(21)15(14)29(33)34/h11,30H,4-10H2,1-3H3/t11-/m1/s1. The van der Waals surface area contributed by atoms with E-state index in [-0.39, 0.29) is 49.5 Å². The van der Waals surface area contributed by atoms with Gasteiger partial charge in [-0.05, 0) is 27.2 Å². The molecule has 1 aromatic heterocycles. The highest BCUT2D eigenvalue weighted by molar-refractivity contribution is 6.32. The summed E-state index contributed by atoms with van der Waals surface area (Å²) in [5.41, 5.74) is -1.00. The lowest BCUT2D eigenvalue weighted by Crippen LogP contribution is -2.57. The zero-order valence-corrected chi connectivity index (χ0v) is 20.0. The first-order chi connectivity index (χ1) is 16.1. The summed E-state index contributed by atoms with van der Waals surface area (Å²) in [6.45, 7) is 3.91. The normalized spacial score (nSPS) is 18.9. The number of ether oxygens (including phenoxy) is 1. The first-order valence-corrected chi connectivity index (χ1v) is 11.1. The minimum Gasteiger partial charge on any atom is -0.444 e. The molecule has 1 N–H and O–H groups in total. The van der Waals surface area contributed by atoms with Crippen molar-refractivity contribution in [2.45, 2.75) is 51.6 Å². The van der Waals surface area contributed by atoms with Crippen molar-refractivity contribution in [3.05, 3.63) is 26.5 Å². The zero-order valence-electron chi connectivity index (χ0n) is 19.3. The third-order valence-electron chi connectivity index (χ3n) is 5.60. The Labute approximate surface area is 203 Å². The Balaban J connectivity index is 1.98. The molecule has 3 rings (SSSR count). The minimum absolute atomic E-state index is 0.00529. The number of anilines is 1. The summed E-state index contributed by atoms with van der Waals surface area (Å²) < 4.78 is 44.1. The highest BCUT2D eigenvalue weighted by Crippen LogP contribution is 2.42.